The van der Waals surface area contributed by atoms with Gasteiger partial charge in [0.1, 0.15) is 24.3 Å². The zero-order valence-electron chi connectivity index (χ0n) is 30.3. The van der Waals surface area contributed by atoms with E-state index in [4.69, 9.17) is 16.3 Å². The summed E-state index contributed by atoms with van der Waals surface area (Å²) < 4.78 is 65.7. The predicted octanol–water partition coefficient (Wildman–Crippen LogP) is 7.55. The smallest absolute Gasteiger partial charge is 0.385 e. The number of rotatable bonds is 10. The lowest BCUT2D eigenvalue weighted by atomic mass is 9.95. The molecule has 0 radical (unpaired) electrons. The first kappa shape index (κ1) is 46.7. The molecule has 1 aromatic heterocycles. The van der Waals surface area contributed by atoms with E-state index in [2.05, 4.69) is 58.0 Å². The molecule has 0 saturated heterocycles. The fourth-order valence-corrected chi connectivity index (χ4v) is 5.30. The first-order chi connectivity index (χ1) is 24.7. The van der Waals surface area contributed by atoms with Crippen molar-refractivity contribution >= 4 is 30.1 Å². The SMILES string of the molecule is C#C.C=N/C(=C\C1=C(Cc2ccc(F)cc2)CCC1C)C(CNC)C(F)(F)F.C=O.CN.Cc1cnc2c(N/C(N)=C/C=C(\N)F)cc(C)cc2c1. The van der Waals surface area contributed by atoms with Crippen molar-refractivity contribution in [1.29, 1.82) is 0 Å². The number of aliphatic imine (C=N–C) groups is 1. The second kappa shape index (κ2) is 24.0. The van der Waals surface area contributed by atoms with E-state index in [9.17, 15) is 22.0 Å². The number of alkyl halides is 3. The van der Waals surface area contributed by atoms with Crippen LogP contribution < -0.4 is 27.8 Å². The number of carbonyl (C=O) groups excluding carboxylic acids is 1. The van der Waals surface area contributed by atoms with Gasteiger partial charge in [0.15, 0.2) is 5.95 Å². The second-order valence-corrected chi connectivity index (χ2v) is 11.4. The third-order valence-corrected chi connectivity index (χ3v) is 7.56. The quantitative estimate of drug-likeness (QED) is 0.0477. The molecule has 8 nitrogen and oxygen atoms in total. The van der Waals surface area contributed by atoms with Gasteiger partial charge in [-0.15, -0.1) is 12.8 Å². The van der Waals surface area contributed by atoms with E-state index < -0.39 is 18.0 Å². The van der Waals surface area contributed by atoms with E-state index in [0.29, 0.717) is 12.2 Å². The average Bonchev–Trinajstić information content (AvgIpc) is 3.46. The molecule has 2 atom stereocenters. The molecule has 0 aliphatic heterocycles. The summed E-state index contributed by atoms with van der Waals surface area (Å²) in [7, 11) is 2.98. The van der Waals surface area contributed by atoms with E-state index in [1.807, 2.05) is 33.6 Å². The molecule has 0 bridgehead atoms. The first-order valence-electron chi connectivity index (χ1n) is 16.0. The van der Waals surface area contributed by atoms with Crippen LogP contribution in [0.2, 0.25) is 0 Å². The maximum Gasteiger partial charge on any atom is 0.398 e. The predicted molar refractivity (Wildman–Crippen MR) is 204 cm³/mol. The number of aryl methyl sites for hydroxylation is 2. The normalized spacial score (nSPS) is 15.0. The van der Waals surface area contributed by atoms with Crippen LogP contribution in [0.15, 0.2) is 100 Å². The Hall–Kier alpha value is -5.32. The van der Waals surface area contributed by atoms with Gasteiger partial charge in [0, 0.05) is 18.1 Å². The summed E-state index contributed by atoms with van der Waals surface area (Å²) in [5, 5.41) is 6.62. The summed E-state index contributed by atoms with van der Waals surface area (Å²) in [4.78, 5) is 16.1. The number of fused-ring (bicyclic) bond motifs is 1. The molecule has 1 aliphatic rings. The Bertz CT molecular complexity index is 1700. The summed E-state index contributed by atoms with van der Waals surface area (Å²) in [5.74, 6) is -2.35. The minimum atomic E-state index is -4.39. The van der Waals surface area contributed by atoms with Gasteiger partial charge < -0.3 is 32.6 Å². The van der Waals surface area contributed by atoms with Crippen LogP contribution in [0.1, 0.15) is 36.5 Å². The van der Waals surface area contributed by atoms with Crippen molar-refractivity contribution in [3.8, 4) is 12.8 Å². The second-order valence-electron chi connectivity index (χ2n) is 11.4. The number of hydrogen-bond donors (Lipinski definition) is 5. The number of nitrogens with zero attached hydrogens (tertiary/aromatic N) is 2. The molecule has 2 aromatic carbocycles. The third-order valence-electron chi connectivity index (χ3n) is 7.56. The van der Waals surface area contributed by atoms with Crippen molar-refractivity contribution < 1.29 is 26.7 Å². The summed E-state index contributed by atoms with van der Waals surface area (Å²) in [6, 6.07) is 12.3. The maximum atomic E-state index is 13.4. The Morgan fingerprint density at radius 3 is 2.21 bits per heavy atom. The van der Waals surface area contributed by atoms with Crippen molar-refractivity contribution in [1.82, 2.24) is 10.3 Å². The number of hydrogen-bond acceptors (Lipinski definition) is 8. The lowest BCUT2D eigenvalue weighted by molar-refractivity contribution is -0.162. The Morgan fingerprint density at radius 1 is 1.08 bits per heavy atom. The summed E-state index contributed by atoms with van der Waals surface area (Å²) >= 11 is 0. The van der Waals surface area contributed by atoms with Gasteiger partial charge in [0.2, 0.25) is 0 Å². The molecular formula is C39H50F5N7O. The molecule has 2 unspecified atom stereocenters. The molecule has 8 N–H and O–H groups in total. The Kier molecular flexibility index (Phi) is 21.5. The number of benzene rings is 2. The molecule has 4 rings (SSSR count). The van der Waals surface area contributed by atoms with E-state index in [-0.39, 0.29) is 24.0 Å². The topological polar surface area (TPSA) is 144 Å². The molecule has 0 spiro atoms. The molecule has 3 aromatic rings. The van der Waals surface area contributed by atoms with Crippen LogP contribution in [0.4, 0.5) is 27.6 Å². The maximum absolute atomic E-state index is 13.4. The van der Waals surface area contributed by atoms with Gasteiger partial charge in [-0.2, -0.15) is 17.6 Å². The average molecular weight is 728 g/mol. The van der Waals surface area contributed by atoms with Gasteiger partial charge in [-0.1, -0.05) is 24.6 Å². The van der Waals surface area contributed by atoms with Crippen molar-refractivity contribution in [2.24, 2.45) is 34.0 Å². The lowest BCUT2D eigenvalue weighted by Crippen LogP contribution is -2.33. The van der Waals surface area contributed by atoms with Crippen LogP contribution in [0, 0.1) is 44.3 Å². The van der Waals surface area contributed by atoms with Gasteiger partial charge in [0.25, 0.3) is 0 Å². The number of anilines is 1. The third kappa shape index (κ3) is 15.3. The zero-order chi connectivity index (χ0) is 40.0. The fraction of sp³-hybridized carbons (Fsp3) is 0.308. The highest BCUT2D eigenvalue weighted by molar-refractivity contribution is 5.92. The van der Waals surface area contributed by atoms with E-state index >= 15 is 0 Å². The molecule has 13 heteroatoms. The molecule has 52 heavy (non-hydrogen) atoms. The van der Waals surface area contributed by atoms with Crippen molar-refractivity contribution in [2.45, 2.75) is 46.2 Å². The molecular weight excluding hydrogens is 677 g/mol. The molecule has 0 fully saturated rings. The van der Waals surface area contributed by atoms with Gasteiger partial charge in [0.05, 0.1) is 16.9 Å². The van der Waals surface area contributed by atoms with Gasteiger partial charge in [-0.25, -0.2) is 4.39 Å². The van der Waals surface area contributed by atoms with Gasteiger partial charge >= 0.3 is 6.18 Å². The Labute approximate surface area is 303 Å². The lowest BCUT2D eigenvalue weighted by Gasteiger charge is -2.21. The molecule has 282 valence electrons. The largest absolute Gasteiger partial charge is 0.398 e. The minimum Gasteiger partial charge on any atom is -0.385 e. The molecule has 0 saturated carbocycles. The Morgan fingerprint density at radius 2 is 1.67 bits per heavy atom. The number of carbonyl (C=O) groups is 1. The highest BCUT2D eigenvalue weighted by Crippen LogP contribution is 2.38. The number of nitrogens with one attached hydrogen (secondary N) is 2. The summed E-state index contributed by atoms with van der Waals surface area (Å²) in [6.07, 6.45) is 11.7. The van der Waals surface area contributed by atoms with Gasteiger partial charge in [-0.05, 0) is 131 Å². The molecule has 1 heterocycles. The minimum absolute atomic E-state index is 0.0628. The number of halogens is 5. The van der Waals surface area contributed by atoms with Crippen LogP contribution in [0.25, 0.3) is 10.9 Å². The van der Waals surface area contributed by atoms with E-state index in [1.54, 1.807) is 24.4 Å². The molecule has 0 amide bonds. The number of allylic oxidation sites excluding steroid dienone is 5. The number of nitrogens with two attached hydrogens (primary N) is 3. The van der Waals surface area contributed by atoms with E-state index in [0.717, 1.165) is 63.3 Å². The van der Waals surface area contributed by atoms with Crippen molar-refractivity contribution in [3.05, 3.63) is 118 Å². The van der Waals surface area contributed by atoms with Crippen LogP contribution in [-0.4, -0.2) is 45.3 Å². The van der Waals surface area contributed by atoms with Crippen LogP contribution >= 0.6 is 0 Å². The zero-order valence-corrected chi connectivity index (χ0v) is 30.3. The van der Waals surface area contributed by atoms with Crippen molar-refractivity contribution in [3.63, 3.8) is 0 Å². The number of terminal acetylenes is 1. The summed E-state index contributed by atoms with van der Waals surface area (Å²) in [5.41, 5.74) is 21.8. The number of aromatic nitrogens is 1. The molecule has 1 aliphatic carbocycles. The van der Waals surface area contributed by atoms with E-state index in [1.165, 1.54) is 32.3 Å². The van der Waals surface area contributed by atoms with Crippen LogP contribution in [-0.2, 0) is 11.2 Å². The van der Waals surface area contributed by atoms with Crippen LogP contribution in [0.5, 0.6) is 0 Å². The van der Waals surface area contributed by atoms with Crippen molar-refractivity contribution in [2.75, 3.05) is 26.0 Å². The standard InChI is InChI=1S/C20H24F4N2.C15H17FN4.C2H2.CH5N.CH2O/c1-13-4-7-15(10-14-5-8-16(21)9-6-14)17(13)11-19(26-3)18(12-25-2)20(22,23)24;1-9-5-11-6-10(2)8-19-15(11)12(7-9)20-14(18)4-3-13(16)17;3*1-2/h5-6,8-9,11,13,18,25H,3-4,7,10,12H2,1-2H3;3-8,20H,17-18H2,1-2H3;1-2H;2H2,1H3;1H2/b19-11-;13-3-,14-4+;;;. The summed E-state index contributed by atoms with van der Waals surface area (Å²) in [6.45, 7) is 11.1. The number of pyridine rings is 1. The first-order valence-corrected chi connectivity index (χ1v) is 16.0. The monoisotopic (exact) mass is 727 g/mol. The van der Waals surface area contributed by atoms with Gasteiger partial charge in [-0.3, -0.25) is 9.98 Å². The Balaban J connectivity index is 0.000000895. The highest BCUT2D eigenvalue weighted by atomic mass is 19.4. The highest BCUT2D eigenvalue weighted by Gasteiger charge is 2.42. The van der Waals surface area contributed by atoms with Crippen LogP contribution in [0.3, 0.4) is 0 Å². The fourth-order valence-electron chi connectivity index (χ4n) is 5.30.